The van der Waals surface area contributed by atoms with E-state index in [2.05, 4.69) is 20.3 Å². The number of benzene rings is 2. The highest BCUT2D eigenvalue weighted by atomic mass is 32.2. The number of hydrogen-bond acceptors (Lipinski definition) is 6. The molecule has 0 bridgehead atoms. The SMILES string of the molecule is COc1ccc(C)cc1NC(=O)Nc1ccc2nc(NS(C)(=O)=O)sc2c1. The lowest BCUT2D eigenvalue weighted by atomic mass is 10.2. The second-order valence-electron chi connectivity index (χ2n) is 5.86. The number of methoxy groups -OCH3 is 1. The highest BCUT2D eigenvalue weighted by molar-refractivity contribution is 7.92. The van der Waals surface area contributed by atoms with Crippen LogP contribution in [-0.2, 0) is 10.0 Å². The summed E-state index contributed by atoms with van der Waals surface area (Å²) in [6.07, 6.45) is 1.07. The maximum absolute atomic E-state index is 12.3. The first-order chi connectivity index (χ1) is 12.7. The zero-order valence-electron chi connectivity index (χ0n) is 14.9. The molecule has 3 rings (SSSR count). The molecule has 0 spiro atoms. The van der Waals surface area contributed by atoms with E-state index in [-0.39, 0.29) is 5.13 Å². The fraction of sp³-hybridized carbons (Fsp3) is 0.176. The summed E-state index contributed by atoms with van der Waals surface area (Å²) < 4.78 is 31.0. The molecule has 10 heteroatoms. The van der Waals surface area contributed by atoms with Gasteiger partial charge in [0.15, 0.2) is 5.13 Å². The summed E-state index contributed by atoms with van der Waals surface area (Å²) in [4.78, 5) is 16.5. The summed E-state index contributed by atoms with van der Waals surface area (Å²) in [5.41, 5.74) is 2.75. The lowest BCUT2D eigenvalue weighted by Gasteiger charge is -2.12. The van der Waals surface area contributed by atoms with Crippen LogP contribution in [0.5, 0.6) is 5.75 Å². The van der Waals surface area contributed by atoms with Crippen LogP contribution in [-0.4, -0.2) is 32.8 Å². The van der Waals surface area contributed by atoms with Crippen molar-refractivity contribution in [2.75, 3.05) is 28.7 Å². The fourth-order valence-electron chi connectivity index (χ4n) is 2.41. The van der Waals surface area contributed by atoms with Crippen LogP contribution in [0.25, 0.3) is 10.2 Å². The number of amides is 2. The van der Waals surface area contributed by atoms with E-state index in [0.717, 1.165) is 16.5 Å². The molecule has 0 aliphatic carbocycles. The van der Waals surface area contributed by atoms with Crippen molar-refractivity contribution in [3.8, 4) is 5.75 Å². The quantitative estimate of drug-likeness (QED) is 0.599. The maximum atomic E-state index is 12.3. The first-order valence-corrected chi connectivity index (χ1v) is 10.6. The molecule has 0 unspecified atom stereocenters. The Hall–Kier alpha value is -2.85. The van der Waals surface area contributed by atoms with Crippen molar-refractivity contribution in [3.05, 3.63) is 42.0 Å². The molecule has 27 heavy (non-hydrogen) atoms. The first-order valence-electron chi connectivity index (χ1n) is 7.84. The lowest BCUT2D eigenvalue weighted by molar-refractivity contribution is 0.262. The van der Waals surface area contributed by atoms with E-state index >= 15 is 0 Å². The number of aromatic nitrogens is 1. The maximum Gasteiger partial charge on any atom is 0.323 e. The Labute approximate surface area is 160 Å². The van der Waals surface area contributed by atoms with Crippen LogP contribution in [0.3, 0.4) is 0 Å². The minimum Gasteiger partial charge on any atom is -0.495 e. The fourth-order valence-corrected chi connectivity index (χ4v) is 4.15. The average molecular weight is 406 g/mol. The molecule has 1 heterocycles. The van der Waals surface area contributed by atoms with Crippen molar-refractivity contribution >= 4 is 54.1 Å². The minimum atomic E-state index is -3.39. The van der Waals surface area contributed by atoms with Gasteiger partial charge in [-0.1, -0.05) is 17.4 Å². The first kappa shape index (κ1) is 18.9. The molecule has 0 atom stereocenters. The van der Waals surface area contributed by atoms with Crippen LogP contribution < -0.4 is 20.1 Å². The Morgan fingerprint density at radius 3 is 2.63 bits per heavy atom. The summed E-state index contributed by atoms with van der Waals surface area (Å²) in [5.74, 6) is 0.560. The second-order valence-corrected chi connectivity index (χ2v) is 8.64. The number of carbonyl (C=O) groups excluding carboxylic acids is 1. The number of nitrogens with zero attached hydrogens (tertiary/aromatic N) is 1. The number of anilines is 3. The molecule has 1 aromatic heterocycles. The van der Waals surface area contributed by atoms with Crippen LogP contribution in [0, 0.1) is 6.92 Å². The third-order valence-electron chi connectivity index (χ3n) is 3.52. The monoisotopic (exact) mass is 406 g/mol. The highest BCUT2D eigenvalue weighted by Gasteiger charge is 2.11. The van der Waals surface area contributed by atoms with Gasteiger partial charge < -0.3 is 15.4 Å². The van der Waals surface area contributed by atoms with Gasteiger partial charge in [-0.2, -0.15) is 0 Å². The van der Waals surface area contributed by atoms with E-state index in [9.17, 15) is 13.2 Å². The molecule has 3 aromatic rings. The summed E-state index contributed by atoms with van der Waals surface area (Å²) in [6.45, 7) is 1.92. The van der Waals surface area contributed by atoms with Crippen LogP contribution >= 0.6 is 11.3 Å². The lowest BCUT2D eigenvalue weighted by Crippen LogP contribution is -2.19. The molecule has 8 nitrogen and oxygen atoms in total. The van der Waals surface area contributed by atoms with E-state index in [1.54, 1.807) is 24.3 Å². The van der Waals surface area contributed by atoms with Gasteiger partial charge in [0.1, 0.15) is 5.75 Å². The Morgan fingerprint density at radius 2 is 1.93 bits per heavy atom. The van der Waals surface area contributed by atoms with Gasteiger partial charge in [-0.05, 0) is 42.8 Å². The number of nitrogens with one attached hydrogen (secondary N) is 3. The standard InChI is InChI=1S/C17H18N4O4S2/c1-10-4-7-14(25-2)13(8-10)19-16(22)18-11-5-6-12-15(9-11)26-17(20-12)21-27(3,23)24/h4-9H,1-3H3,(H,20,21)(H2,18,19,22). The molecule has 2 aromatic carbocycles. The topological polar surface area (TPSA) is 109 Å². The van der Waals surface area contributed by atoms with Crippen molar-refractivity contribution in [1.29, 1.82) is 0 Å². The van der Waals surface area contributed by atoms with Crippen LogP contribution in [0.15, 0.2) is 36.4 Å². The molecule has 142 valence electrons. The smallest absolute Gasteiger partial charge is 0.323 e. The Bertz CT molecular complexity index is 1110. The van der Waals surface area contributed by atoms with Gasteiger partial charge >= 0.3 is 6.03 Å². The van der Waals surface area contributed by atoms with E-state index in [0.29, 0.717) is 22.6 Å². The second kappa shape index (κ2) is 7.41. The third kappa shape index (κ3) is 4.86. The van der Waals surface area contributed by atoms with E-state index in [4.69, 9.17) is 4.74 Å². The largest absolute Gasteiger partial charge is 0.495 e. The molecule has 0 saturated heterocycles. The Kier molecular flexibility index (Phi) is 5.19. The predicted octanol–water partition coefficient (Wildman–Crippen LogP) is 3.63. The van der Waals surface area contributed by atoms with Crippen molar-refractivity contribution in [2.45, 2.75) is 6.92 Å². The van der Waals surface area contributed by atoms with Gasteiger partial charge in [0.25, 0.3) is 0 Å². The average Bonchev–Trinajstić information content (AvgIpc) is 2.94. The van der Waals surface area contributed by atoms with Gasteiger partial charge in [0.05, 0.1) is 29.3 Å². The zero-order chi connectivity index (χ0) is 19.6. The zero-order valence-corrected chi connectivity index (χ0v) is 16.5. The number of sulfonamides is 1. The number of fused-ring (bicyclic) bond motifs is 1. The summed E-state index contributed by atoms with van der Waals surface area (Å²) in [6, 6.07) is 10.2. The molecular weight excluding hydrogens is 388 g/mol. The van der Waals surface area contributed by atoms with Gasteiger partial charge in [-0.25, -0.2) is 18.2 Å². The normalized spacial score (nSPS) is 11.2. The number of aryl methyl sites for hydroxylation is 1. The van der Waals surface area contributed by atoms with E-state index in [1.807, 2.05) is 19.1 Å². The Morgan fingerprint density at radius 1 is 1.15 bits per heavy atom. The number of rotatable bonds is 5. The molecule has 0 aliphatic heterocycles. The van der Waals surface area contributed by atoms with Gasteiger partial charge in [-0.3, -0.25) is 4.72 Å². The molecule has 2 amide bonds. The summed E-state index contributed by atoms with van der Waals surface area (Å²) in [7, 11) is -1.86. The molecule has 0 radical (unpaired) electrons. The molecule has 3 N–H and O–H groups in total. The molecule has 0 saturated carbocycles. The number of urea groups is 1. The third-order valence-corrected chi connectivity index (χ3v) is 5.15. The van der Waals surface area contributed by atoms with Gasteiger partial charge in [0, 0.05) is 5.69 Å². The summed E-state index contributed by atoms with van der Waals surface area (Å²) in [5, 5.41) is 5.78. The van der Waals surface area contributed by atoms with Gasteiger partial charge in [-0.15, -0.1) is 0 Å². The summed E-state index contributed by atoms with van der Waals surface area (Å²) >= 11 is 1.18. The van der Waals surface area contributed by atoms with E-state index in [1.165, 1.54) is 18.4 Å². The molecule has 0 fully saturated rings. The number of thiazole rings is 1. The number of ether oxygens (including phenoxy) is 1. The van der Waals surface area contributed by atoms with Crippen molar-refractivity contribution in [1.82, 2.24) is 4.98 Å². The van der Waals surface area contributed by atoms with Crippen LogP contribution in [0.2, 0.25) is 0 Å². The van der Waals surface area contributed by atoms with E-state index < -0.39 is 16.1 Å². The van der Waals surface area contributed by atoms with Crippen LogP contribution in [0.4, 0.5) is 21.3 Å². The van der Waals surface area contributed by atoms with Crippen LogP contribution in [0.1, 0.15) is 5.56 Å². The molecular formula is C17H18N4O4S2. The molecule has 0 aliphatic rings. The van der Waals surface area contributed by atoms with Gasteiger partial charge in [0.2, 0.25) is 10.0 Å². The highest BCUT2D eigenvalue weighted by Crippen LogP contribution is 2.29. The predicted molar refractivity (Wildman–Crippen MR) is 108 cm³/mol. The van der Waals surface area contributed by atoms with Crippen molar-refractivity contribution in [3.63, 3.8) is 0 Å². The van der Waals surface area contributed by atoms with Crippen molar-refractivity contribution < 1.29 is 17.9 Å². The minimum absolute atomic E-state index is 0.276. The van der Waals surface area contributed by atoms with Crippen molar-refractivity contribution in [2.24, 2.45) is 0 Å². The number of carbonyl (C=O) groups is 1. The Balaban J connectivity index is 1.76. The number of hydrogen-bond donors (Lipinski definition) is 3.